The van der Waals surface area contributed by atoms with Gasteiger partial charge in [-0.25, -0.2) is 14.4 Å². The molecule has 1 saturated heterocycles. The van der Waals surface area contributed by atoms with E-state index in [0.717, 1.165) is 19.4 Å². The monoisotopic (exact) mass is 341 g/mol. The van der Waals surface area contributed by atoms with Crippen LogP contribution in [0.2, 0.25) is 0 Å². The number of hydrogen-bond donors (Lipinski definition) is 1. The van der Waals surface area contributed by atoms with Gasteiger partial charge in [-0.15, -0.1) is 0 Å². The predicted octanol–water partition coefficient (Wildman–Crippen LogP) is 2.92. The number of hydrogen-bond acceptors (Lipinski definition) is 7. The van der Waals surface area contributed by atoms with Gasteiger partial charge in [-0.2, -0.15) is 4.98 Å². The summed E-state index contributed by atoms with van der Waals surface area (Å²) in [4.78, 5) is 12.5. The van der Waals surface area contributed by atoms with E-state index in [0.29, 0.717) is 17.9 Å². The van der Waals surface area contributed by atoms with Crippen LogP contribution in [0.15, 0.2) is 41.3 Å². The van der Waals surface area contributed by atoms with E-state index in [1.54, 1.807) is 24.4 Å². The van der Waals surface area contributed by atoms with E-state index in [1.165, 1.54) is 12.4 Å². The molecule has 0 radical (unpaired) electrons. The molecule has 1 fully saturated rings. The Hall–Kier alpha value is -2.87. The zero-order valence-electron chi connectivity index (χ0n) is 13.4. The molecule has 1 unspecified atom stereocenters. The minimum atomic E-state index is -0.407. The van der Waals surface area contributed by atoms with Crippen molar-refractivity contribution in [2.24, 2.45) is 0 Å². The lowest BCUT2D eigenvalue weighted by Gasteiger charge is -2.12. The standard InChI is InChI=1S/C17H16FN5O2/c18-14-6-2-1-5-12(14)16-22-17(25-23-16)13-9-19-10-21-15(13)20-8-11-4-3-7-24-11/h1-2,5-6,9-11H,3-4,7-8H2,(H,19,20,21). The second-order valence-electron chi connectivity index (χ2n) is 5.70. The van der Waals surface area contributed by atoms with Crippen molar-refractivity contribution in [1.29, 1.82) is 0 Å². The van der Waals surface area contributed by atoms with Crippen LogP contribution in [0.4, 0.5) is 10.2 Å². The van der Waals surface area contributed by atoms with Crippen LogP contribution in [0.5, 0.6) is 0 Å². The van der Waals surface area contributed by atoms with Gasteiger partial charge in [-0.05, 0) is 25.0 Å². The molecule has 1 aromatic carbocycles. The van der Waals surface area contributed by atoms with Gasteiger partial charge < -0.3 is 14.6 Å². The van der Waals surface area contributed by atoms with Gasteiger partial charge in [0.2, 0.25) is 5.82 Å². The van der Waals surface area contributed by atoms with Crippen LogP contribution in [-0.4, -0.2) is 39.4 Å². The fraction of sp³-hybridized carbons (Fsp3) is 0.294. The van der Waals surface area contributed by atoms with Crippen molar-refractivity contribution in [2.45, 2.75) is 18.9 Å². The highest BCUT2D eigenvalue weighted by molar-refractivity contribution is 5.69. The highest BCUT2D eigenvalue weighted by atomic mass is 19.1. The molecule has 0 bridgehead atoms. The van der Waals surface area contributed by atoms with Crippen molar-refractivity contribution in [1.82, 2.24) is 20.1 Å². The fourth-order valence-corrected chi connectivity index (χ4v) is 2.73. The first-order valence-electron chi connectivity index (χ1n) is 8.06. The van der Waals surface area contributed by atoms with Gasteiger partial charge in [-0.3, -0.25) is 0 Å². The summed E-state index contributed by atoms with van der Waals surface area (Å²) in [5.41, 5.74) is 0.846. The molecule has 128 valence electrons. The van der Waals surface area contributed by atoms with Crippen LogP contribution in [0, 0.1) is 5.82 Å². The van der Waals surface area contributed by atoms with Gasteiger partial charge >= 0.3 is 0 Å². The molecular formula is C17H16FN5O2. The number of rotatable bonds is 5. The lowest BCUT2D eigenvalue weighted by molar-refractivity contribution is 0.120. The molecule has 1 aliphatic rings. The number of nitrogens with zero attached hydrogens (tertiary/aromatic N) is 4. The molecule has 0 spiro atoms. The second-order valence-corrected chi connectivity index (χ2v) is 5.70. The molecule has 3 aromatic rings. The lowest BCUT2D eigenvalue weighted by Crippen LogP contribution is -2.19. The first-order chi connectivity index (χ1) is 12.3. The van der Waals surface area contributed by atoms with Crippen LogP contribution in [0.25, 0.3) is 22.8 Å². The normalized spacial score (nSPS) is 16.9. The summed E-state index contributed by atoms with van der Waals surface area (Å²) in [7, 11) is 0. The molecule has 3 heterocycles. The summed E-state index contributed by atoms with van der Waals surface area (Å²) in [6, 6.07) is 6.28. The van der Waals surface area contributed by atoms with Crippen LogP contribution in [-0.2, 0) is 4.74 Å². The molecule has 1 N–H and O–H groups in total. The summed E-state index contributed by atoms with van der Waals surface area (Å²) in [6.07, 6.45) is 5.28. The summed E-state index contributed by atoms with van der Waals surface area (Å²) in [5.74, 6) is 0.584. The third-order valence-corrected chi connectivity index (χ3v) is 4.00. The fourth-order valence-electron chi connectivity index (χ4n) is 2.73. The third-order valence-electron chi connectivity index (χ3n) is 4.00. The van der Waals surface area contributed by atoms with Crippen LogP contribution in [0.1, 0.15) is 12.8 Å². The molecule has 2 aromatic heterocycles. The first kappa shape index (κ1) is 15.6. The van der Waals surface area contributed by atoms with Crippen molar-refractivity contribution in [3.05, 3.63) is 42.6 Å². The van der Waals surface area contributed by atoms with Crippen molar-refractivity contribution < 1.29 is 13.7 Å². The van der Waals surface area contributed by atoms with E-state index >= 15 is 0 Å². The molecule has 1 atom stereocenters. The van der Waals surface area contributed by atoms with Gasteiger partial charge in [0.1, 0.15) is 23.5 Å². The topological polar surface area (TPSA) is 86.0 Å². The minimum absolute atomic E-state index is 0.166. The summed E-state index contributed by atoms with van der Waals surface area (Å²) >= 11 is 0. The Labute approximate surface area is 143 Å². The maximum atomic E-state index is 13.9. The van der Waals surface area contributed by atoms with E-state index in [1.807, 2.05) is 0 Å². The number of benzene rings is 1. The van der Waals surface area contributed by atoms with E-state index in [4.69, 9.17) is 9.26 Å². The van der Waals surface area contributed by atoms with Crippen molar-refractivity contribution in [2.75, 3.05) is 18.5 Å². The Morgan fingerprint density at radius 1 is 1.24 bits per heavy atom. The van der Waals surface area contributed by atoms with Gasteiger partial charge in [0.25, 0.3) is 5.89 Å². The molecule has 4 rings (SSSR count). The Morgan fingerprint density at radius 3 is 3.00 bits per heavy atom. The Bertz CT molecular complexity index is 864. The molecule has 1 aliphatic heterocycles. The zero-order chi connectivity index (χ0) is 17.1. The molecule has 7 nitrogen and oxygen atoms in total. The molecule has 8 heteroatoms. The summed E-state index contributed by atoms with van der Waals surface area (Å²) < 4.78 is 24.8. The number of nitrogens with one attached hydrogen (secondary N) is 1. The van der Waals surface area contributed by atoms with Gasteiger partial charge in [0, 0.05) is 19.3 Å². The Balaban J connectivity index is 1.59. The Kier molecular flexibility index (Phi) is 4.34. The number of anilines is 1. The van der Waals surface area contributed by atoms with Gasteiger partial charge in [-0.1, -0.05) is 17.3 Å². The predicted molar refractivity (Wildman–Crippen MR) is 88.2 cm³/mol. The molecule has 25 heavy (non-hydrogen) atoms. The van der Waals surface area contributed by atoms with E-state index in [9.17, 15) is 4.39 Å². The summed E-state index contributed by atoms with van der Waals surface area (Å²) in [5, 5.41) is 7.10. The highest BCUT2D eigenvalue weighted by Crippen LogP contribution is 2.27. The molecular weight excluding hydrogens is 325 g/mol. The molecule has 0 amide bonds. The maximum absolute atomic E-state index is 13.9. The van der Waals surface area contributed by atoms with E-state index < -0.39 is 5.82 Å². The van der Waals surface area contributed by atoms with Crippen LogP contribution in [0.3, 0.4) is 0 Å². The Morgan fingerprint density at radius 2 is 2.16 bits per heavy atom. The number of aromatic nitrogens is 4. The van der Waals surface area contributed by atoms with Crippen LogP contribution >= 0.6 is 0 Å². The number of halogens is 1. The molecule has 0 aliphatic carbocycles. The quantitative estimate of drug-likeness (QED) is 0.763. The maximum Gasteiger partial charge on any atom is 0.263 e. The largest absolute Gasteiger partial charge is 0.376 e. The van der Waals surface area contributed by atoms with E-state index in [-0.39, 0.29) is 23.4 Å². The molecule has 0 saturated carbocycles. The van der Waals surface area contributed by atoms with Crippen molar-refractivity contribution >= 4 is 5.82 Å². The SMILES string of the molecule is Fc1ccccc1-c1noc(-c2cncnc2NCC2CCCO2)n1. The van der Waals surface area contributed by atoms with Gasteiger partial charge in [0.15, 0.2) is 0 Å². The van der Waals surface area contributed by atoms with Crippen LogP contribution < -0.4 is 5.32 Å². The first-order valence-corrected chi connectivity index (χ1v) is 8.06. The third kappa shape index (κ3) is 3.34. The van der Waals surface area contributed by atoms with Crippen molar-refractivity contribution in [3.63, 3.8) is 0 Å². The van der Waals surface area contributed by atoms with E-state index in [2.05, 4.69) is 25.4 Å². The highest BCUT2D eigenvalue weighted by Gasteiger charge is 2.19. The lowest BCUT2D eigenvalue weighted by atomic mass is 10.2. The average molecular weight is 341 g/mol. The number of ether oxygens (including phenoxy) is 1. The summed E-state index contributed by atoms with van der Waals surface area (Å²) in [6.45, 7) is 1.43. The van der Waals surface area contributed by atoms with Gasteiger partial charge in [0.05, 0.1) is 11.7 Å². The average Bonchev–Trinajstić information content (AvgIpc) is 3.33. The second kappa shape index (κ2) is 6.94. The smallest absolute Gasteiger partial charge is 0.263 e. The van der Waals surface area contributed by atoms with Crippen molar-refractivity contribution in [3.8, 4) is 22.8 Å². The zero-order valence-corrected chi connectivity index (χ0v) is 13.4. The minimum Gasteiger partial charge on any atom is -0.376 e.